The number of benzene rings is 1. The summed E-state index contributed by atoms with van der Waals surface area (Å²) in [6.45, 7) is -2.87. The lowest BCUT2D eigenvalue weighted by molar-refractivity contribution is -0.146. The molecule has 1 unspecified atom stereocenters. The fourth-order valence-electron chi connectivity index (χ4n) is 3.93. The molecule has 0 amide bonds. The molecule has 3 aromatic rings. The highest BCUT2D eigenvalue weighted by atomic mass is 16.4. The Morgan fingerprint density at radius 2 is 1.29 bits per heavy atom. The summed E-state index contributed by atoms with van der Waals surface area (Å²) < 4.78 is 0. The van der Waals surface area contributed by atoms with Crippen molar-refractivity contribution in [1.29, 1.82) is 0 Å². The zero-order valence-corrected chi connectivity index (χ0v) is 17.9. The first-order valence-corrected chi connectivity index (χ1v) is 10.1. The van der Waals surface area contributed by atoms with Gasteiger partial charge in [-0.3, -0.25) is 38.9 Å². The molecule has 1 aromatic carbocycles. The predicted molar refractivity (Wildman–Crippen MR) is 118 cm³/mol. The van der Waals surface area contributed by atoms with Crippen molar-refractivity contribution in [3.8, 4) is 0 Å². The van der Waals surface area contributed by atoms with Crippen LogP contribution in [0.4, 0.5) is 0 Å². The minimum Gasteiger partial charge on any atom is -0.480 e. The van der Waals surface area contributed by atoms with E-state index in [4.69, 9.17) is 0 Å². The van der Waals surface area contributed by atoms with Crippen molar-refractivity contribution >= 4 is 45.7 Å². The zero-order valence-electron chi connectivity index (χ0n) is 17.9. The van der Waals surface area contributed by atoms with E-state index in [2.05, 4.69) is 9.97 Å². The van der Waals surface area contributed by atoms with Gasteiger partial charge >= 0.3 is 23.9 Å². The molecule has 2 heterocycles. The number of nitrogens with zero attached hydrogens (tertiary/aromatic N) is 4. The summed E-state index contributed by atoms with van der Waals surface area (Å²) in [6.07, 6.45) is 3.15. The van der Waals surface area contributed by atoms with Gasteiger partial charge in [0.05, 0.1) is 37.2 Å². The quantitative estimate of drug-likeness (QED) is 0.273. The Hall–Kier alpha value is -4.16. The summed E-state index contributed by atoms with van der Waals surface area (Å²) in [4.78, 5) is 56.9. The van der Waals surface area contributed by atoms with Crippen LogP contribution >= 0.6 is 0 Å². The minimum absolute atomic E-state index is 0.255. The van der Waals surface area contributed by atoms with Crippen LogP contribution in [-0.2, 0) is 19.2 Å². The molecule has 1 atom stereocenters. The van der Waals surface area contributed by atoms with Crippen LogP contribution in [0.2, 0.25) is 0 Å². The maximum atomic E-state index is 11.6. The van der Waals surface area contributed by atoms with Crippen molar-refractivity contribution in [2.75, 3.05) is 32.7 Å². The summed E-state index contributed by atoms with van der Waals surface area (Å²) in [6, 6.07) is 7.57. The van der Waals surface area contributed by atoms with Gasteiger partial charge in [0.15, 0.2) is 0 Å². The van der Waals surface area contributed by atoms with E-state index in [1.165, 1.54) is 0 Å². The van der Waals surface area contributed by atoms with E-state index < -0.39 is 56.1 Å². The van der Waals surface area contributed by atoms with Crippen LogP contribution in [0, 0.1) is 0 Å². The molecule has 4 N–H and O–H groups in total. The maximum absolute atomic E-state index is 11.6. The lowest BCUT2D eigenvalue weighted by Gasteiger charge is -2.34. The number of aromatic nitrogens is 2. The Morgan fingerprint density at radius 1 is 0.765 bits per heavy atom. The van der Waals surface area contributed by atoms with Crippen molar-refractivity contribution in [1.82, 2.24) is 19.8 Å². The highest BCUT2D eigenvalue weighted by Crippen LogP contribution is 2.33. The minimum atomic E-state index is -1.29. The second-order valence-electron chi connectivity index (χ2n) is 7.61. The fourth-order valence-corrected chi connectivity index (χ4v) is 3.93. The van der Waals surface area contributed by atoms with Crippen molar-refractivity contribution < 1.29 is 39.6 Å². The van der Waals surface area contributed by atoms with Gasteiger partial charge in [0.2, 0.25) is 0 Å². The highest BCUT2D eigenvalue weighted by molar-refractivity contribution is 6.04. The summed E-state index contributed by atoms with van der Waals surface area (Å²) in [7, 11) is 0. The van der Waals surface area contributed by atoms with Gasteiger partial charge in [0.1, 0.15) is 0 Å². The number of carboxylic acid groups (broad SMARTS) is 4. The lowest BCUT2D eigenvalue weighted by Crippen LogP contribution is -2.45. The number of pyridine rings is 2. The van der Waals surface area contributed by atoms with Gasteiger partial charge in [-0.05, 0) is 23.8 Å². The molecule has 0 saturated carbocycles. The third-order valence-electron chi connectivity index (χ3n) is 5.12. The molecule has 12 nitrogen and oxygen atoms in total. The molecule has 178 valence electrons. The maximum Gasteiger partial charge on any atom is 0.317 e. The third kappa shape index (κ3) is 5.99. The Labute approximate surface area is 192 Å². The number of hydrogen-bond acceptors (Lipinski definition) is 8. The molecule has 34 heavy (non-hydrogen) atoms. The van der Waals surface area contributed by atoms with Crippen molar-refractivity contribution in [2.45, 2.75) is 6.04 Å². The second kappa shape index (κ2) is 10.6. The van der Waals surface area contributed by atoms with Crippen molar-refractivity contribution in [3.63, 3.8) is 0 Å². The first-order valence-electron chi connectivity index (χ1n) is 10.1. The summed E-state index contributed by atoms with van der Waals surface area (Å²) in [5, 5.41) is 38.6. The van der Waals surface area contributed by atoms with Crippen LogP contribution in [0.15, 0.2) is 42.7 Å². The number of aliphatic carboxylic acids is 4. The Balaban J connectivity index is 2.23. The monoisotopic (exact) mass is 470 g/mol. The van der Waals surface area contributed by atoms with Gasteiger partial charge in [-0.25, -0.2) is 0 Å². The average molecular weight is 470 g/mol. The third-order valence-corrected chi connectivity index (χ3v) is 5.12. The van der Waals surface area contributed by atoms with E-state index in [0.29, 0.717) is 27.4 Å². The molecule has 12 heteroatoms. The molecule has 0 spiro atoms. The number of carbonyl (C=O) groups is 4. The van der Waals surface area contributed by atoms with E-state index >= 15 is 0 Å². The van der Waals surface area contributed by atoms with Crippen LogP contribution in [-0.4, -0.2) is 96.8 Å². The van der Waals surface area contributed by atoms with Gasteiger partial charge in [-0.1, -0.05) is 12.1 Å². The van der Waals surface area contributed by atoms with Crippen LogP contribution in [0.5, 0.6) is 0 Å². The molecular weight excluding hydrogens is 448 g/mol. The molecular formula is C22H22N4O8. The molecule has 0 bridgehead atoms. The molecule has 0 aliphatic rings. The van der Waals surface area contributed by atoms with Crippen LogP contribution in [0.1, 0.15) is 11.6 Å². The number of fused-ring (bicyclic) bond motifs is 3. The van der Waals surface area contributed by atoms with Gasteiger partial charge in [0, 0.05) is 35.8 Å². The van der Waals surface area contributed by atoms with Gasteiger partial charge in [-0.15, -0.1) is 0 Å². The Bertz CT molecular complexity index is 1220. The fraction of sp³-hybridized carbons (Fsp3) is 0.273. The second-order valence-corrected chi connectivity index (χ2v) is 7.61. The molecule has 0 aliphatic heterocycles. The van der Waals surface area contributed by atoms with Crippen LogP contribution < -0.4 is 0 Å². The van der Waals surface area contributed by atoms with E-state index in [9.17, 15) is 39.6 Å². The molecule has 0 radical (unpaired) electrons. The molecule has 0 saturated heterocycles. The number of rotatable bonds is 12. The van der Waals surface area contributed by atoms with Gasteiger partial charge < -0.3 is 20.4 Å². The Morgan fingerprint density at radius 3 is 1.85 bits per heavy atom. The summed E-state index contributed by atoms with van der Waals surface area (Å²) >= 11 is 0. The van der Waals surface area contributed by atoms with E-state index in [0.717, 1.165) is 9.80 Å². The molecule has 3 rings (SSSR count). The zero-order chi connectivity index (χ0) is 24.8. The van der Waals surface area contributed by atoms with Crippen LogP contribution in [0.25, 0.3) is 21.8 Å². The number of carboxylic acids is 4. The first-order chi connectivity index (χ1) is 16.2. The number of hydrogen-bond donors (Lipinski definition) is 4. The highest BCUT2D eigenvalue weighted by Gasteiger charge is 2.30. The largest absolute Gasteiger partial charge is 0.480 e. The van der Waals surface area contributed by atoms with Gasteiger partial charge in [-0.2, -0.15) is 0 Å². The standard InChI is InChI=1S/C22H22N4O8/c27-17(28)9-25(10-18(29)30)8-16(26(11-19(31)32)12-20(33)34)15-7-13-3-1-5-23-21(13)22-14(15)4-2-6-24-22/h1-7,16H,8-12H2,(H,27,28)(H,29,30)(H,31,32)(H,33,34). The van der Waals surface area contributed by atoms with Crippen LogP contribution in [0.3, 0.4) is 0 Å². The Kier molecular flexibility index (Phi) is 7.66. The average Bonchev–Trinajstić information content (AvgIpc) is 2.75. The van der Waals surface area contributed by atoms with Crippen molar-refractivity contribution in [3.05, 3.63) is 48.3 Å². The first kappa shape index (κ1) is 24.5. The van der Waals surface area contributed by atoms with Crippen molar-refractivity contribution in [2.24, 2.45) is 0 Å². The smallest absolute Gasteiger partial charge is 0.317 e. The SMILES string of the molecule is O=C(O)CN(CC(=O)O)CC(c1cc2cccnc2c2ncccc12)N(CC(=O)O)CC(=O)O. The molecule has 0 fully saturated rings. The lowest BCUT2D eigenvalue weighted by atomic mass is 9.96. The topological polar surface area (TPSA) is 181 Å². The predicted octanol–water partition coefficient (Wildman–Crippen LogP) is 0.766. The van der Waals surface area contributed by atoms with Gasteiger partial charge in [0.25, 0.3) is 0 Å². The normalized spacial score (nSPS) is 12.3. The van der Waals surface area contributed by atoms with E-state index in [1.807, 2.05) is 0 Å². The molecule has 0 aliphatic carbocycles. The van der Waals surface area contributed by atoms with E-state index in [1.54, 1.807) is 42.7 Å². The van der Waals surface area contributed by atoms with E-state index in [-0.39, 0.29) is 6.54 Å². The summed E-state index contributed by atoms with van der Waals surface area (Å²) in [5.74, 6) is -5.15. The summed E-state index contributed by atoms with van der Waals surface area (Å²) in [5.41, 5.74) is 1.55. The molecule has 2 aromatic heterocycles.